The minimum absolute atomic E-state index is 0.0936. The number of pyridine rings is 1. The molecule has 128 valence electrons. The van der Waals surface area contributed by atoms with Crippen molar-refractivity contribution in [2.45, 2.75) is 32.6 Å². The van der Waals surface area contributed by atoms with Crippen LogP contribution >= 0.6 is 31.9 Å². The van der Waals surface area contributed by atoms with E-state index >= 15 is 0 Å². The second-order valence-corrected chi connectivity index (χ2v) is 6.93. The standard InChI is InChI=1S/C16H18Br2N4O2/c1-2-3-4-5-6-7-13-15(19-9-14(23)21-24)20-16-12(18)8-11(17)10-22(13)16/h8,10,19,24H,2-5,9H2,1H3,(H,21,23). The lowest BCUT2D eigenvalue weighted by Crippen LogP contribution is -2.27. The number of imidazole rings is 1. The van der Waals surface area contributed by atoms with Crippen LogP contribution in [0.15, 0.2) is 21.2 Å². The summed E-state index contributed by atoms with van der Waals surface area (Å²) in [6.07, 6.45) is 6.05. The van der Waals surface area contributed by atoms with Crippen molar-refractivity contribution in [2.24, 2.45) is 0 Å². The average molecular weight is 458 g/mol. The fraction of sp³-hybridized carbons (Fsp3) is 0.375. The number of hydrogen-bond acceptors (Lipinski definition) is 4. The van der Waals surface area contributed by atoms with Crippen molar-refractivity contribution in [1.29, 1.82) is 0 Å². The van der Waals surface area contributed by atoms with Gasteiger partial charge in [0.15, 0.2) is 11.5 Å². The van der Waals surface area contributed by atoms with Crippen molar-refractivity contribution in [3.05, 3.63) is 26.9 Å². The molecule has 24 heavy (non-hydrogen) atoms. The van der Waals surface area contributed by atoms with Gasteiger partial charge in [0.25, 0.3) is 5.91 Å². The summed E-state index contributed by atoms with van der Waals surface area (Å²) in [7, 11) is 0. The molecular weight excluding hydrogens is 440 g/mol. The van der Waals surface area contributed by atoms with E-state index in [4.69, 9.17) is 5.21 Å². The first-order valence-electron chi connectivity index (χ1n) is 7.59. The van der Waals surface area contributed by atoms with Gasteiger partial charge in [0.2, 0.25) is 0 Å². The Kier molecular flexibility index (Phi) is 7.09. The van der Waals surface area contributed by atoms with Crippen LogP contribution in [-0.2, 0) is 4.79 Å². The highest BCUT2D eigenvalue weighted by molar-refractivity contribution is 9.11. The highest BCUT2D eigenvalue weighted by Gasteiger charge is 2.14. The molecule has 2 aromatic heterocycles. The lowest BCUT2D eigenvalue weighted by atomic mass is 10.2. The van der Waals surface area contributed by atoms with Crippen LogP contribution in [0, 0.1) is 11.8 Å². The minimum Gasteiger partial charge on any atom is -0.359 e. The molecule has 0 aromatic carbocycles. The number of nitrogens with one attached hydrogen (secondary N) is 2. The smallest absolute Gasteiger partial charge is 0.262 e. The topological polar surface area (TPSA) is 78.7 Å². The van der Waals surface area contributed by atoms with Gasteiger partial charge in [-0.05, 0) is 50.3 Å². The number of carbonyl (C=O) groups is 1. The highest BCUT2D eigenvalue weighted by atomic mass is 79.9. The third-order valence-corrected chi connectivity index (χ3v) is 4.31. The Morgan fingerprint density at radius 1 is 1.42 bits per heavy atom. The fourth-order valence-electron chi connectivity index (χ4n) is 2.13. The van der Waals surface area contributed by atoms with E-state index in [0.29, 0.717) is 17.2 Å². The third kappa shape index (κ3) is 4.72. The van der Waals surface area contributed by atoms with Crippen LogP contribution < -0.4 is 10.8 Å². The summed E-state index contributed by atoms with van der Waals surface area (Å²) >= 11 is 6.94. The molecule has 0 atom stereocenters. The van der Waals surface area contributed by atoms with Crippen molar-refractivity contribution < 1.29 is 10.0 Å². The maximum Gasteiger partial charge on any atom is 0.262 e. The molecule has 0 aliphatic heterocycles. The van der Waals surface area contributed by atoms with Gasteiger partial charge in [-0.3, -0.25) is 14.4 Å². The largest absolute Gasteiger partial charge is 0.359 e. The number of hydroxylamine groups is 1. The quantitative estimate of drug-likeness (QED) is 0.267. The Hall–Kier alpha value is -1.56. The van der Waals surface area contributed by atoms with Gasteiger partial charge < -0.3 is 5.32 Å². The summed E-state index contributed by atoms with van der Waals surface area (Å²) in [4.78, 5) is 15.7. The number of aromatic nitrogens is 2. The fourth-order valence-corrected chi connectivity index (χ4v) is 3.40. The molecule has 3 N–H and O–H groups in total. The second-order valence-electron chi connectivity index (χ2n) is 5.16. The molecule has 0 saturated carbocycles. The second kappa shape index (κ2) is 9.06. The predicted molar refractivity (Wildman–Crippen MR) is 100 cm³/mol. The monoisotopic (exact) mass is 456 g/mol. The van der Waals surface area contributed by atoms with Gasteiger partial charge >= 0.3 is 0 Å². The normalized spacial score (nSPS) is 10.3. The molecule has 2 heterocycles. The summed E-state index contributed by atoms with van der Waals surface area (Å²) < 4.78 is 3.55. The number of unbranched alkanes of at least 4 members (excludes halogenated alkanes) is 3. The summed E-state index contributed by atoms with van der Waals surface area (Å²) in [5, 5.41) is 11.5. The third-order valence-electron chi connectivity index (χ3n) is 3.29. The van der Waals surface area contributed by atoms with Gasteiger partial charge in [-0.2, -0.15) is 0 Å². The van der Waals surface area contributed by atoms with Crippen LogP contribution in [0.5, 0.6) is 0 Å². The molecule has 2 aromatic rings. The van der Waals surface area contributed by atoms with Crippen LogP contribution in [-0.4, -0.2) is 27.0 Å². The first-order valence-corrected chi connectivity index (χ1v) is 9.18. The number of rotatable bonds is 6. The van der Waals surface area contributed by atoms with Gasteiger partial charge in [0.05, 0.1) is 11.0 Å². The molecule has 0 aliphatic rings. The summed E-state index contributed by atoms with van der Waals surface area (Å²) in [6, 6.07) is 1.89. The van der Waals surface area contributed by atoms with E-state index in [0.717, 1.165) is 34.6 Å². The van der Waals surface area contributed by atoms with E-state index in [1.54, 1.807) is 5.48 Å². The Labute approximate surface area is 157 Å². The molecule has 0 radical (unpaired) electrons. The SMILES string of the molecule is CCCCCC#Cc1c(NCC(=O)NO)nc2c(Br)cc(Br)cn12. The van der Waals surface area contributed by atoms with Crippen LogP contribution in [0.25, 0.3) is 5.65 Å². The minimum atomic E-state index is -0.547. The Bertz CT molecular complexity index is 793. The summed E-state index contributed by atoms with van der Waals surface area (Å²) in [5.41, 5.74) is 2.96. The van der Waals surface area contributed by atoms with E-state index < -0.39 is 5.91 Å². The zero-order valence-electron chi connectivity index (χ0n) is 13.2. The molecule has 8 heteroatoms. The van der Waals surface area contributed by atoms with Crippen molar-refractivity contribution in [2.75, 3.05) is 11.9 Å². The van der Waals surface area contributed by atoms with Crippen molar-refractivity contribution in [3.63, 3.8) is 0 Å². The number of amides is 1. The zero-order valence-corrected chi connectivity index (χ0v) is 16.4. The molecular formula is C16H18Br2N4O2. The van der Waals surface area contributed by atoms with Crippen molar-refractivity contribution in [1.82, 2.24) is 14.9 Å². The predicted octanol–water partition coefficient (Wildman–Crippen LogP) is 3.71. The van der Waals surface area contributed by atoms with E-state index in [2.05, 4.69) is 60.9 Å². The van der Waals surface area contributed by atoms with Crippen LogP contribution in [0.4, 0.5) is 5.82 Å². The van der Waals surface area contributed by atoms with Crippen molar-refractivity contribution in [3.8, 4) is 11.8 Å². The number of anilines is 1. The molecule has 2 rings (SSSR count). The molecule has 0 unspecified atom stereocenters. The average Bonchev–Trinajstić information content (AvgIpc) is 2.90. The van der Waals surface area contributed by atoms with Gasteiger partial charge in [0, 0.05) is 17.1 Å². The van der Waals surface area contributed by atoms with Gasteiger partial charge in [-0.15, -0.1) is 0 Å². The van der Waals surface area contributed by atoms with Gasteiger partial charge in [-0.1, -0.05) is 25.7 Å². The highest BCUT2D eigenvalue weighted by Crippen LogP contribution is 2.26. The zero-order chi connectivity index (χ0) is 17.5. The van der Waals surface area contributed by atoms with Gasteiger partial charge in [-0.25, -0.2) is 10.5 Å². The summed E-state index contributed by atoms with van der Waals surface area (Å²) in [6.45, 7) is 2.06. The lowest BCUT2D eigenvalue weighted by Gasteiger charge is -2.02. The Morgan fingerprint density at radius 2 is 2.21 bits per heavy atom. The molecule has 6 nitrogen and oxygen atoms in total. The molecule has 0 saturated heterocycles. The number of hydrogen-bond donors (Lipinski definition) is 3. The van der Waals surface area contributed by atoms with E-state index in [9.17, 15) is 4.79 Å². The molecule has 0 fully saturated rings. The number of carbonyl (C=O) groups excluding carboxylic acids is 1. The van der Waals surface area contributed by atoms with Gasteiger partial charge in [0.1, 0.15) is 5.69 Å². The Balaban J connectivity index is 2.37. The van der Waals surface area contributed by atoms with E-state index in [-0.39, 0.29) is 6.54 Å². The van der Waals surface area contributed by atoms with Crippen LogP contribution in [0.1, 0.15) is 38.3 Å². The molecule has 0 aliphatic carbocycles. The number of nitrogens with zero attached hydrogens (tertiary/aromatic N) is 2. The molecule has 0 spiro atoms. The van der Waals surface area contributed by atoms with E-state index in [1.807, 2.05) is 16.7 Å². The summed E-state index contributed by atoms with van der Waals surface area (Å²) in [5.74, 6) is 6.26. The van der Waals surface area contributed by atoms with Crippen LogP contribution in [0.3, 0.4) is 0 Å². The first-order chi connectivity index (χ1) is 11.6. The number of fused-ring (bicyclic) bond motifs is 1. The number of halogens is 2. The molecule has 1 amide bonds. The molecule has 0 bridgehead atoms. The Morgan fingerprint density at radius 3 is 2.92 bits per heavy atom. The first kappa shape index (κ1) is 18.8. The lowest BCUT2D eigenvalue weighted by molar-refractivity contribution is -0.127. The maximum absolute atomic E-state index is 11.3. The van der Waals surface area contributed by atoms with Crippen molar-refractivity contribution >= 4 is 49.2 Å². The van der Waals surface area contributed by atoms with E-state index in [1.165, 1.54) is 0 Å². The van der Waals surface area contributed by atoms with Crippen LogP contribution in [0.2, 0.25) is 0 Å². The maximum atomic E-state index is 11.3.